The highest BCUT2D eigenvalue weighted by molar-refractivity contribution is 14.1. The Balaban J connectivity index is 4.17. The highest BCUT2D eigenvalue weighted by Gasteiger charge is 1.88. The van der Waals surface area contributed by atoms with Gasteiger partial charge in [0.2, 0.25) is 0 Å². The third-order valence-corrected chi connectivity index (χ3v) is 1.19. The van der Waals surface area contributed by atoms with Crippen molar-refractivity contribution in [1.82, 2.24) is 0 Å². The van der Waals surface area contributed by atoms with E-state index in [4.69, 9.17) is 0 Å². The minimum atomic E-state index is -1.54. The average molecular weight is 240 g/mol. The molecule has 0 radical (unpaired) electrons. The van der Waals surface area contributed by atoms with Gasteiger partial charge in [-0.1, -0.05) is 0 Å². The molecule has 0 aromatic carbocycles. The van der Waals surface area contributed by atoms with E-state index in [1.807, 2.05) is 0 Å². The summed E-state index contributed by atoms with van der Waals surface area (Å²) in [6.45, 7) is 0. The van der Waals surface area contributed by atoms with Crippen molar-refractivity contribution in [1.29, 1.82) is 0 Å². The molecule has 9 heavy (non-hydrogen) atoms. The molecule has 0 spiro atoms. The van der Waals surface area contributed by atoms with Gasteiger partial charge in [-0.3, -0.25) is 0 Å². The standard InChI is InChI=1S/C4H3IO4/c5-2(4(8)9)1-3(6)7/h1H,(H,6,7)(H,8,9)/p-2/b2-1-. The van der Waals surface area contributed by atoms with E-state index >= 15 is 0 Å². The third-order valence-electron chi connectivity index (χ3n) is 0.440. The molecule has 0 N–H and O–H groups in total. The summed E-state index contributed by atoms with van der Waals surface area (Å²) < 4.78 is -0.382. The Morgan fingerprint density at radius 2 is 1.78 bits per heavy atom. The molecule has 0 rings (SSSR count). The zero-order valence-electron chi connectivity index (χ0n) is 4.09. The number of aliphatic carboxylic acids is 2. The molecule has 0 saturated carbocycles. The molecular weight excluding hydrogens is 239 g/mol. The van der Waals surface area contributed by atoms with Crippen molar-refractivity contribution in [2.24, 2.45) is 0 Å². The van der Waals surface area contributed by atoms with Crippen molar-refractivity contribution in [3.8, 4) is 0 Å². The number of halogens is 1. The van der Waals surface area contributed by atoms with Crippen molar-refractivity contribution >= 4 is 34.5 Å². The van der Waals surface area contributed by atoms with Crippen molar-refractivity contribution in [2.75, 3.05) is 0 Å². The number of carbonyl (C=O) groups excluding carboxylic acids is 2. The summed E-state index contributed by atoms with van der Waals surface area (Å²) in [5.41, 5.74) is 0. The number of hydrogen-bond acceptors (Lipinski definition) is 4. The quantitative estimate of drug-likeness (QED) is 0.405. The molecule has 0 heterocycles. The van der Waals surface area contributed by atoms with Gasteiger partial charge in [-0.15, -0.1) is 0 Å². The molecule has 0 bridgehead atoms. The van der Waals surface area contributed by atoms with Crippen molar-refractivity contribution in [3.63, 3.8) is 0 Å². The van der Waals surface area contributed by atoms with Gasteiger partial charge in [0, 0.05) is 3.58 Å². The Hall–Kier alpha value is -0.590. The molecule has 0 aromatic heterocycles. The molecule has 0 saturated heterocycles. The Labute approximate surface area is 64.3 Å². The molecule has 0 aliphatic heterocycles. The molecule has 0 unspecified atom stereocenters. The van der Waals surface area contributed by atoms with E-state index < -0.39 is 11.9 Å². The van der Waals surface area contributed by atoms with Crippen LogP contribution in [0.3, 0.4) is 0 Å². The highest BCUT2D eigenvalue weighted by atomic mass is 127. The van der Waals surface area contributed by atoms with Gasteiger partial charge in [0.15, 0.2) is 0 Å². The second-order valence-electron chi connectivity index (χ2n) is 1.10. The number of hydrogen-bond donors (Lipinski definition) is 0. The Bertz CT molecular complexity index is 171. The van der Waals surface area contributed by atoms with Gasteiger partial charge >= 0.3 is 0 Å². The van der Waals surface area contributed by atoms with Crippen LogP contribution in [0.4, 0.5) is 0 Å². The van der Waals surface area contributed by atoms with Crippen LogP contribution >= 0.6 is 22.6 Å². The van der Waals surface area contributed by atoms with Gasteiger partial charge in [0.05, 0.1) is 11.9 Å². The maximum Gasteiger partial charge on any atom is 0.0777 e. The molecule has 0 atom stereocenters. The first-order chi connectivity index (χ1) is 4.04. The molecule has 0 aliphatic rings. The summed E-state index contributed by atoms with van der Waals surface area (Å²) in [7, 11) is 0. The maximum atomic E-state index is 9.76. The summed E-state index contributed by atoms with van der Waals surface area (Å²) in [6, 6.07) is 0. The second-order valence-corrected chi connectivity index (χ2v) is 2.26. The van der Waals surface area contributed by atoms with E-state index in [9.17, 15) is 19.8 Å². The Kier molecular flexibility index (Phi) is 3.21. The summed E-state index contributed by atoms with van der Waals surface area (Å²) in [4.78, 5) is 19.4. The van der Waals surface area contributed by atoms with Gasteiger partial charge in [0.25, 0.3) is 0 Å². The van der Waals surface area contributed by atoms with Gasteiger partial charge in [-0.05, 0) is 28.7 Å². The fraction of sp³-hybridized carbons (Fsp3) is 0. The first-order valence-electron chi connectivity index (χ1n) is 1.83. The van der Waals surface area contributed by atoms with E-state index in [0.717, 1.165) is 0 Å². The highest BCUT2D eigenvalue weighted by Crippen LogP contribution is 2.01. The van der Waals surface area contributed by atoms with Crippen molar-refractivity contribution in [3.05, 3.63) is 9.66 Å². The first-order valence-corrected chi connectivity index (χ1v) is 2.91. The van der Waals surface area contributed by atoms with Crippen LogP contribution in [0.25, 0.3) is 0 Å². The summed E-state index contributed by atoms with van der Waals surface area (Å²) in [6.07, 6.45) is 0.454. The third kappa shape index (κ3) is 3.95. The minimum Gasteiger partial charge on any atom is -0.545 e. The lowest BCUT2D eigenvalue weighted by Gasteiger charge is -1.98. The van der Waals surface area contributed by atoms with Crippen LogP contribution in [-0.4, -0.2) is 11.9 Å². The lowest BCUT2D eigenvalue weighted by Crippen LogP contribution is -2.25. The number of carboxylic acids is 2. The van der Waals surface area contributed by atoms with E-state index in [-0.39, 0.29) is 3.58 Å². The van der Waals surface area contributed by atoms with E-state index in [0.29, 0.717) is 6.08 Å². The maximum absolute atomic E-state index is 9.76. The number of carboxylic acid groups (broad SMARTS) is 2. The minimum absolute atomic E-state index is 0.382. The molecule has 0 amide bonds. The van der Waals surface area contributed by atoms with Crippen LogP contribution in [0.5, 0.6) is 0 Å². The molecular formula is C4HIO4-2. The van der Waals surface area contributed by atoms with Crippen LogP contribution in [0.2, 0.25) is 0 Å². The van der Waals surface area contributed by atoms with Crippen LogP contribution in [0.1, 0.15) is 0 Å². The van der Waals surface area contributed by atoms with E-state index in [1.54, 1.807) is 0 Å². The largest absolute Gasteiger partial charge is 0.545 e. The second kappa shape index (κ2) is 3.44. The molecule has 5 heteroatoms. The molecule has 50 valence electrons. The van der Waals surface area contributed by atoms with Crippen LogP contribution in [0, 0.1) is 0 Å². The van der Waals surface area contributed by atoms with Crippen LogP contribution in [-0.2, 0) is 9.59 Å². The van der Waals surface area contributed by atoms with Gasteiger partial charge in [0.1, 0.15) is 0 Å². The van der Waals surface area contributed by atoms with Gasteiger partial charge in [-0.2, -0.15) is 0 Å². The Morgan fingerprint density at radius 1 is 1.33 bits per heavy atom. The zero-order chi connectivity index (χ0) is 7.44. The lowest BCUT2D eigenvalue weighted by molar-refractivity contribution is -0.301. The topological polar surface area (TPSA) is 80.3 Å². The van der Waals surface area contributed by atoms with Crippen LogP contribution in [0.15, 0.2) is 9.66 Å². The normalized spacial score (nSPS) is 11.0. The van der Waals surface area contributed by atoms with Crippen molar-refractivity contribution in [2.45, 2.75) is 0 Å². The summed E-state index contributed by atoms with van der Waals surface area (Å²) in [5, 5.41) is 19.4. The monoisotopic (exact) mass is 240 g/mol. The van der Waals surface area contributed by atoms with Crippen LogP contribution < -0.4 is 10.2 Å². The molecule has 0 fully saturated rings. The first kappa shape index (κ1) is 8.41. The van der Waals surface area contributed by atoms with Crippen molar-refractivity contribution < 1.29 is 19.8 Å². The molecule has 4 nitrogen and oxygen atoms in total. The zero-order valence-corrected chi connectivity index (χ0v) is 6.25. The predicted molar refractivity (Wildman–Crippen MR) is 32.1 cm³/mol. The fourth-order valence-electron chi connectivity index (χ4n) is 0.162. The number of rotatable bonds is 2. The SMILES string of the molecule is O=C([O-])/C=C(\I)C(=O)[O-]. The average Bonchev–Trinajstić information content (AvgIpc) is 1.63. The van der Waals surface area contributed by atoms with E-state index in [2.05, 4.69) is 0 Å². The fourth-order valence-corrected chi connectivity index (χ4v) is 0.417. The van der Waals surface area contributed by atoms with E-state index in [1.165, 1.54) is 22.6 Å². The van der Waals surface area contributed by atoms with Gasteiger partial charge in [-0.25, -0.2) is 0 Å². The summed E-state index contributed by atoms with van der Waals surface area (Å²) >= 11 is 1.32. The lowest BCUT2D eigenvalue weighted by atomic mass is 10.5. The van der Waals surface area contributed by atoms with Gasteiger partial charge < -0.3 is 19.8 Å². The molecule has 0 aromatic rings. The molecule has 0 aliphatic carbocycles. The summed E-state index contributed by atoms with van der Waals surface area (Å²) in [5.74, 6) is -3.05. The predicted octanol–water partition coefficient (Wildman–Crippen LogP) is -2.19. The smallest absolute Gasteiger partial charge is 0.0777 e. The number of carbonyl (C=O) groups is 2. The Morgan fingerprint density at radius 3 is 1.89 bits per heavy atom.